The van der Waals surface area contributed by atoms with Gasteiger partial charge in [-0.15, -0.1) is 0 Å². The van der Waals surface area contributed by atoms with Crippen molar-refractivity contribution in [3.63, 3.8) is 0 Å². The van der Waals surface area contributed by atoms with Crippen LogP contribution in [0, 0.1) is 56.0 Å². The molecule has 36 heavy (non-hydrogen) atoms. The average molecular weight is 505 g/mol. The Morgan fingerprint density at radius 3 is 1.64 bits per heavy atom. The van der Waals surface area contributed by atoms with Gasteiger partial charge in [-0.3, -0.25) is 30.3 Å². The fourth-order valence-corrected chi connectivity index (χ4v) is 2.46. The highest BCUT2D eigenvalue weighted by Gasteiger charge is 2.15. The van der Waals surface area contributed by atoms with E-state index >= 15 is 0 Å². The van der Waals surface area contributed by atoms with E-state index in [2.05, 4.69) is 8.83 Å². The topological polar surface area (TPSA) is 189 Å². The van der Waals surface area contributed by atoms with Gasteiger partial charge >= 0.3 is 17.5 Å². The van der Waals surface area contributed by atoms with E-state index < -0.39 is 9.85 Å². The number of nitrogens with zero attached hydrogens (tertiary/aromatic N) is 4. The Morgan fingerprint density at radius 1 is 0.750 bits per heavy atom. The third-order valence-corrected chi connectivity index (χ3v) is 4.20. The summed E-state index contributed by atoms with van der Waals surface area (Å²) in [6, 6.07) is 6.14. The number of rotatable bonds is 4. The van der Waals surface area contributed by atoms with Gasteiger partial charge in [0.2, 0.25) is 0 Å². The number of allylic oxidation sites excluding steroid dienone is 3. The van der Waals surface area contributed by atoms with Gasteiger partial charge in [0.15, 0.2) is 13.3 Å². The zero-order chi connectivity index (χ0) is 27.4. The van der Waals surface area contributed by atoms with Gasteiger partial charge in [0.25, 0.3) is 5.70 Å². The summed E-state index contributed by atoms with van der Waals surface area (Å²) in [5, 5.41) is 30.0. The van der Waals surface area contributed by atoms with E-state index in [0.717, 1.165) is 23.2 Å². The molecule has 0 N–H and O–H groups in total. The van der Waals surface area contributed by atoms with E-state index in [9.17, 15) is 35.3 Å². The van der Waals surface area contributed by atoms with Gasteiger partial charge in [-0.2, -0.15) is 0 Å². The lowest BCUT2D eigenvalue weighted by molar-refractivity contribution is -0.444. The number of hydrogen-bond acceptors (Lipinski definition) is 10. The van der Waals surface area contributed by atoms with Crippen molar-refractivity contribution in [1.29, 1.82) is 0 Å². The summed E-state index contributed by atoms with van der Waals surface area (Å²) in [5.41, 5.74) is 1.81. The Balaban J connectivity index is 0.000000240. The fourth-order valence-electron chi connectivity index (χ4n) is 2.46. The Kier molecular flexibility index (Phi) is 11.1. The standard InChI is InChI=1S/C6H8NO2.C6H7NO2.2C5H5NO3/c1-5-3-4-6(9-5)7(2)8;1-5-3-2-4-6(5)7(8)9;1-4-2-5(3-9-4)6(7)8;1-4-2-5(6(7)8)9-3-4/h3-4H,1-2H3;3-4H,2H2,1H3;2*2-3H,1H3/q+1;;;. The highest BCUT2D eigenvalue weighted by atomic mass is 16.6. The lowest BCUT2D eigenvalue weighted by atomic mass is 10.3. The molecule has 0 spiro atoms. The molecule has 0 saturated heterocycles. The van der Waals surface area contributed by atoms with Crippen LogP contribution in [0.2, 0.25) is 0 Å². The van der Waals surface area contributed by atoms with Crippen molar-refractivity contribution in [3.8, 4) is 0 Å². The predicted octanol–water partition coefficient (Wildman–Crippen LogP) is 6.12. The van der Waals surface area contributed by atoms with Gasteiger partial charge in [0.1, 0.15) is 22.7 Å². The smallest absolute Gasteiger partial charge is 0.433 e. The van der Waals surface area contributed by atoms with Crippen molar-refractivity contribution in [3.05, 3.63) is 113 Å². The van der Waals surface area contributed by atoms with Crippen LogP contribution in [-0.4, -0.2) is 26.6 Å². The fraction of sp³-hybridized carbons (Fsp3) is 0.273. The summed E-state index contributed by atoms with van der Waals surface area (Å²) < 4.78 is 14.9. The summed E-state index contributed by atoms with van der Waals surface area (Å²) >= 11 is 0. The lowest BCUT2D eigenvalue weighted by Crippen LogP contribution is -1.96. The van der Waals surface area contributed by atoms with Gasteiger partial charge in [0, 0.05) is 10.5 Å². The summed E-state index contributed by atoms with van der Waals surface area (Å²) in [6.45, 7) is 6.94. The lowest BCUT2D eigenvalue weighted by Gasteiger charge is -1.88. The first-order valence-electron chi connectivity index (χ1n) is 10.2. The first-order valence-corrected chi connectivity index (χ1v) is 10.2. The number of furan rings is 3. The molecule has 3 aromatic heterocycles. The molecular formula is C22H25N4O10+. The van der Waals surface area contributed by atoms with Crippen LogP contribution in [0.4, 0.5) is 17.5 Å². The molecule has 3 aromatic rings. The van der Waals surface area contributed by atoms with Crippen LogP contribution in [0.5, 0.6) is 0 Å². The SMILES string of the molecule is CC1=CCC=C1[N+](=O)[O-].Cc1cc([N+](=O)[O-])co1.Cc1ccc([N+](C)=O)o1.Cc1coc([N+](=O)[O-])c1. The number of nitroso groups, excluding NO2 is 1. The average Bonchev–Trinajstić information content (AvgIpc) is 3.58. The molecule has 0 saturated carbocycles. The van der Waals surface area contributed by atoms with E-state index in [0.29, 0.717) is 22.8 Å². The molecule has 14 heteroatoms. The Hall–Kier alpha value is -4.88. The zero-order valence-corrected chi connectivity index (χ0v) is 20.2. The summed E-state index contributed by atoms with van der Waals surface area (Å²) in [4.78, 5) is 39.1. The third-order valence-electron chi connectivity index (χ3n) is 4.20. The minimum atomic E-state index is -0.562. The van der Waals surface area contributed by atoms with Crippen LogP contribution in [0.15, 0.2) is 73.5 Å². The monoisotopic (exact) mass is 505 g/mol. The molecule has 0 unspecified atom stereocenters. The summed E-state index contributed by atoms with van der Waals surface area (Å²) in [5.74, 6) is 1.47. The minimum absolute atomic E-state index is 0.00694. The second-order valence-corrected chi connectivity index (χ2v) is 7.24. The van der Waals surface area contributed by atoms with Gasteiger partial charge in [-0.05, 0) is 51.8 Å². The molecule has 0 atom stereocenters. The molecule has 4 rings (SSSR count). The number of nitro groups is 3. The van der Waals surface area contributed by atoms with Crippen LogP contribution in [0.25, 0.3) is 0 Å². The van der Waals surface area contributed by atoms with E-state index in [-0.39, 0.29) is 22.2 Å². The Bertz CT molecular complexity index is 1160. The third kappa shape index (κ3) is 9.94. The van der Waals surface area contributed by atoms with Crippen LogP contribution < -0.4 is 0 Å². The van der Waals surface area contributed by atoms with Crippen molar-refractivity contribution in [1.82, 2.24) is 0 Å². The Labute approximate surface area is 204 Å². The molecule has 1 aliphatic carbocycles. The van der Waals surface area contributed by atoms with Gasteiger partial charge < -0.3 is 13.3 Å². The van der Waals surface area contributed by atoms with Gasteiger partial charge in [0.05, 0.1) is 32.8 Å². The molecule has 192 valence electrons. The van der Waals surface area contributed by atoms with E-state index in [4.69, 9.17) is 4.42 Å². The molecule has 0 radical (unpaired) electrons. The molecule has 3 heterocycles. The van der Waals surface area contributed by atoms with Crippen molar-refractivity contribution < 1.29 is 32.8 Å². The maximum absolute atomic E-state index is 10.5. The molecule has 0 aromatic carbocycles. The minimum Gasteiger partial charge on any atom is -0.462 e. The van der Waals surface area contributed by atoms with Crippen LogP contribution in [0.1, 0.15) is 30.4 Å². The molecule has 0 bridgehead atoms. The van der Waals surface area contributed by atoms with Gasteiger partial charge in [-0.25, -0.2) is 0 Å². The highest BCUT2D eigenvalue weighted by Crippen LogP contribution is 2.18. The summed E-state index contributed by atoms with van der Waals surface area (Å²) in [7, 11) is 1.40. The molecule has 1 aliphatic rings. The van der Waals surface area contributed by atoms with Crippen molar-refractivity contribution in [2.24, 2.45) is 0 Å². The maximum Gasteiger partial charge on any atom is 0.433 e. The van der Waals surface area contributed by atoms with E-state index in [1.54, 1.807) is 45.9 Å². The van der Waals surface area contributed by atoms with Crippen molar-refractivity contribution in [2.75, 3.05) is 7.05 Å². The van der Waals surface area contributed by atoms with Crippen LogP contribution >= 0.6 is 0 Å². The van der Waals surface area contributed by atoms with Crippen LogP contribution in [-0.2, 0) is 0 Å². The number of hydrogen-bond donors (Lipinski definition) is 0. The quantitative estimate of drug-likeness (QED) is 0.227. The number of aryl methyl sites for hydroxylation is 3. The first kappa shape index (κ1) is 29.2. The Morgan fingerprint density at radius 2 is 1.42 bits per heavy atom. The maximum atomic E-state index is 10.5. The van der Waals surface area contributed by atoms with Gasteiger partial charge in [-0.1, -0.05) is 6.08 Å². The highest BCUT2D eigenvalue weighted by molar-refractivity contribution is 5.29. The zero-order valence-electron chi connectivity index (χ0n) is 20.2. The second kappa shape index (κ2) is 13.7. The van der Waals surface area contributed by atoms with Crippen molar-refractivity contribution in [2.45, 2.75) is 34.1 Å². The molecule has 0 amide bonds. The molecule has 14 nitrogen and oxygen atoms in total. The molecule has 0 fully saturated rings. The van der Waals surface area contributed by atoms with E-state index in [1.165, 1.54) is 25.4 Å². The second-order valence-electron chi connectivity index (χ2n) is 7.24. The largest absolute Gasteiger partial charge is 0.462 e. The summed E-state index contributed by atoms with van der Waals surface area (Å²) in [6.07, 6.45) is 6.64. The molecular weight excluding hydrogens is 480 g/mol. The normalized spacial score (nSPS) is 11.4. The van der Waals surface area contributed by atoms with Crippen molar-refractivity contribution >= 4 is 17.5 Å². The first-order chi connectivity index (χ1) is 16.8. The van der Waals surface area contributed by atoms with E-state index in [1.807, 2.05) is 6.08 Å². The van der Waals surface area contributed by atoms with Crippen LogP contribution in [0.3, 0.4) is 0 Å². The predicted molar refractivity (Wildman–Crippen MR) is 126 cm³/mol. The molecule has 0 aliphatic heterocycles.